The van der Waals surface area contributed by atoms with Gasteiger partial charge in [-0.2, -0.15) is 0 Å². The van der Waals surface area contributed by atoms with Crippen LogP contribution in [0.4, 0.5) is 5.69 Å². The first kappa shape index (κ1) is 11.5. The molecule has 1 aromatic rings. The minimum absolute atomic E-state index is 0.413. The summed E-state index contributed by atoms with van der Waals surface area (Å²) in [5.74, 6) is -1.10. The van der Waals surface area contributed by atoms with Gasteiger partial charge in [0.05, 0.1) is 5.97 Å². The second-order valence-corrected chi connectivity index (χ2v) is 3.78. The van der Waals surface area contributed by atoms with E-state index < -0.39 is 12.0 Å². The predicted molar refractivity (Wildman–Crippen MR) is 56.2 cm³/mol. The summed E-state index contributed by atoms with van der Waals surface area (Å²) in [6, 6.07) is 7.05. The molecule has 0 radical (unpaired) electrons. The van der Waals surface area contributed by atoms with Crippen molar-refractivity contribution in [3.63, 3.8) is 0 Å². The van der Waals surface area contributed by atoms with E-state index in [1.807, 2.05) is 43.3 Å². The molecule has 0 aromatic heterocycles. The van der Waals surface area contributed by atoms with Crippen molar-refractivity contribution in [3.05, 3.63) is 29.8 Å². The monoisotopic (exact) mass is 208 g/mol. The van der Waals surface area contributed by atoms with E-state index in [2.05, 4.69) is 5.73 Å². The largest absolute Gasteiger partial charge is 0.544 e. The van der Waals surface area contributed by atoms with Crippen molar-refractivity contribution in [2.75, 3.05) is 19.0 Å². The highest BCUT2D eigenvalue weighted by molar-refractivity contribution is 5.69. The Morgan fingerprint density at radius 1 is 1.40 bits per heavy atom. The SMILES string of the molecule is CN(C)c1ccc(C[C@@H]([NH3+])C(=O)[O-])cc1. The van der Waals surface area contributed by atoms with E-state index in [0.29, 0.717) is 6.42 Å². The van der Waals surface area contributed by atoms with Crippen LogP contribution in [0.3, 0.4) is 0 Å². The average molecular weight is 208 g/mol. The van der Waals surface area contributed by atoms with Gasteiger partial charge in [-0.15, -0.1) is 0 Å². The molecule has 4 nitrogen and oxygen atoms in total. The molecule has 0 heterocycles. The molecule has 0 spiro atoms. The van der Waals surface area contributed by atoms with E-state index in [4.69, 9.17) is 0 Å². The second kappa shape index (κ2) is 4.79. The highest BCUT2D eigenvalue weighted by Crippen LogP contribution is 2.12. The summed E-state index contributed by atoms with van der Waals surface area (Å²) < 4.78 is 0. The van der Waals surface area contributed by atoms with Crippen molar-refractivity contribution in [1.29, 1.82) is 0 Å². The number of aliphatic carboxylic acids is 1. The predicted octanol–water partition coefficient (Wildman–Crippen LogP) is -1.34. The van der Waals surface area contributed by atoms with Gasteiger partial charge in [-0.1, -0.05) is 12.1 Å². The number of hydrogen-bond acceptors (Lipinski definition) is 3. The molecule has 4 heteroatoms. The number of carboxylic acids is 1. The third kappa shape index (κ3) is 3.25. The van der Waals surface area contributed by atoms with Gasteiger partial charge >= 0.3 is 0 Å². The van der Waals surface area contributed by atoms with Crippen molar-refractivity contribution in [1.82, 2.24) is 0 Å². The lowest BCUT2D eigenvalue weighted by Crippen LogP contribution is -2.69. The molecule has 0 amide bonds. The lowest BCUT2D eigenvalue weighted by atomic mass is 10.1. The average Bonchev–Trinajstić information content (AvgIpc) is 2.18. The third-order valence-electron chi connectivity index (χ3n) is 2.27. The summed E-state index contributed by atoms with van der Waals surface area (Å²) in [7, 11) is 3.92. The summed E-state index contributed by atoms with van der Waals surface area (Å²) >= 11 is 0. The number of quaternary nitrogens is 1. The van der Waals surface area contributed by atoms with Crippen LogP contribution in [0.15, 0.2) is 24.3 Å². The van der Waals surface area contributed by atoms with Gasteiger partial charge < -0.3 is 20.5 Å². The van der Waals surface area contributed by atoms with Crippen molar-refractivity contribution >= 4 is 11.7 Å². The molecule has 0 saturated heterocycles. The first-order valence-corrected chi connectivity index (χ1v) is 4.81. The molecular weight excluding hydrogens is 192 g/mol. The molecule has 1 atom stereocenters. The Morgan fingerprint density at radius 2 is 1.93 bits per heavy atom. The summed E-state index contributed by atoms with van der Waals surface area (Å²) in [4.78, 5) is 12.5. The van der Waals surface area contributed by atoms with Crippen LogP contribution in [-0.4, -0.2) is 26.1 Å². The van der Waals surface area contributed by atoms with Crippen molar-refractivity contribution < 1.29 is 15.6 Å². The van der Waals surface area contributed by atoms with Crippen molar-refractivity contribution in [2.24, 2.45) is 0 Å². The Labute approximate surface area is 89.3 Å². The number of carbonyl (C=O) groups is 1. The molecule has 0 saturated carbocycles. The molecule has 1 aromatic carbocycles. The van der Waals surface area contributed by atoms with E-state index in [1.165, 1.54) is 0 Å². The standard InChI is InChI=1S/C11H16N2O2/c1-13(2)9-5-3-8(4-6-9)7-10(12)11(14)15/h3-6,10H,7,12H2,1-2H3,(H,14,15)/t10-/m1/s1. The van der Waals surface area contributed by atoms with Crippen LogP contribution in [0.2, 0.25) is 0 Å². The second-order valence-electron chi connectivity index (χ2n) is 3.78. The fourth-order valence-corrected chi connectivity index (χ4v) is 1.30. The summed E-state index contributed by atoms with van der Waals surface area (Å²) in [5.41, 5.74) is 5.57. The van der Waals surface area contributed by atoms with Crippen molar-refractivity contribution in [3.8, 4) is 0 Å². The number of rotatable bonds is 4. The van der Waals surface area contributed by atoms with E-state index in [0.717, 1.165) is 11.3 Å². The van der Waals surface area contributed by atoms with Gasteiger partial charge in [-0.3, -0.25) is 0 Å². The minimum Gasteiger partial charge on any atom is -0.544 e. The van der Waals surface area contributed by atoms with Gasteiger partial charge in [0, 0.05) is 26.2 Å². The lowest BCUT2D eigenvalue weighted by Gasteiger charge is -2.13. The lowest BCUT2D eigenvalue weighted by molar-refractivity contribution is -0.437. The fourth-order valence-electron chi connectivity index (χ4n) is 1.30. The smallest absolute Gasteiger partial charge is 0.129 e. The molecule has 15 heavy (non-hydrogen) atoms. The van der Waals surface area contributed by atoms with Gasteiger partial charge in [0.15, 0.2) is 0 Å². The van der Waals surface area contributed by atoms with Crippen LogP contribution in [0.5, 0.6) is 0 Å². The highest BCUT2D eigenvalue weighted by atomic mass is 16.4. The zero-order valence-electron chi connectivity index (χ0n) is 9.06. The van der Waals surface area contributed by atoms with E-state index in [1.54, 1.807) is 0 Å². The number of carboxylic acid groups (broad SMARTS) is 1. The Morgan fingerprint density at radius 3 is 2.33 bits per heavy atom. The maximum Gasteiger partial charge on any atom is 0.129 e. The van der Waals surface area contributed by atoms with Crippen LogP contribution in [0, 0.1) is 0 Å². The van der Waals surface area contributed by atoms with Gasteiger partial charge in [0.25, 0.3) is 0 Å². The molecule has 0 unspecified atom stereocenters. The Balaban J connectivity index is 2.68. The number of anilines is 1. The number of nitrogens with zero attached hydrogens (tertiary/aromatic N) is 1. The number of benzene rings is 1. The molecule has 82 valence electrons. The van der Waals surface area contributed by atoms with Crippen LogP contribution in [0.1, 0.15) is 5.56 Å². The quantitative estimate of drug-likeness (QED) is 0.665. The molecular formula is C11H16N2O2. The molecule has 3 N–H and O–H groups in total. The van der Waals surface area contributed by atoms with Crippen LogP contribution < -0.4 is 15.7 Å². The van der Waals surface area contributed by atoms with Gasteiger partial charge in [-0.25, -0.2) is 0 Å². The normalized spacial score (nSPS) is 12.2. The summed E-state index contributed by atoms with van der Waals surface area (Å²) in [6.07, 6.45) is 0.413. The molecule has 0 bridgehead atoms. The van der Waals surface area contributed by atoms with Crippen molar-refractivity contribution in [2.45, 2.75) is 12.5 Å². The Hall–Kier alpha value is -1.55. The molecule has 0 aliphatic carbocycles. The van der Waals surface area contributed by atoms with E-state index >= 15 is 0 Å². The molecule has 0 aliphatic heterocycles. The number of hydrogen-bond donors (Lipinski definition) is 1. The van der Waals surface area contributed by atoms with E-state index in [9.17, 15) is 9.90 Å². The first-order chi connectivity index (χ1) is 7.00. The van der Waals surface area contributed by atoms with Crippen LogP contribution >= 0.6 is 0 Å². The summed E-state index contributed by atoms with van der Waals surface area (Å²) in [5, 5.41) is 10.5. The maximum absolute atomic E-state index is 10.5. The van der Waals surface area contributed by atoms with Crippen LogP contribution in [-0.2, 0) is 11.2 Å². The number of carbonyl (C=O) groups excluding carboxylic acids is 1. The van der Waals surface area contributed by atoms with Gasteiger partial charge in [-0.05, 0) is 17.7 Å². The topological polar surface area (TPSA) is 71.0 Å². The van der Waals surface area contributed by atoms with E-state index in [-0.39, 0.29) is 0 Å². The Bertz CT molecular complexity index is 333. The summed E-state index contributed by atoms with van der Waals surface area (Å²) in [6.45, 7) is 0. The Kier molecular flexibility index (Phi) is 3.68. The third-order valence-corrected chi connectivity index (χ3v) is 2.27. The molecule has 0 fully saturated rings. The maximum atomic E-state index is 10.5. The molecule has 0 aliphatic rings. The fraction of sp³-hybridized carbons (Fsp3) is 0.364. The van der Waals surface area contributed by atoms with Gasteiger partial charge in [0.1, 0.15) is 6.04 Å². The zero-order chi connectivity index (χ0) is 11.4. The zero-order valence-corrected chi connectivity index (χ0v) is 9.06. The molecule has 1 rings (SSSR count). The highest BCUT2D eigenvalue weighted by Gasteiger charge is 2.08. The minimum atomic E-state index is -1.10. The first-order valence-electron chi connectivity index (χ1n) is 4.81. The van der Waals surface area contributed by atoms with Crippen LogP contribution in [0.25, 0.3) is 0 Å². The van der Waals surface area contributed by atoms with Gasteiger partial charge in [0.2, 0.25) is 0 Å².